The molecule has 6 aromatic rings. The number of fused-ring (bicyclic) bond motifs is 3. The summed E-state index contributed by atoms with van der Waals surface area (Å²) in [6, 6.07) is 33.9. The zero-order valence-electron chi connectivity index (χ0n) is 23.4. The Bertz CT molecular complexity index is 1870. The van der Waals surface area contributed by atoms with Gasteiger partial charge in [-0.15, -0.1) is 11.3 Å². The Morgan fingerprint density at radius 1 is 0.732 bits per heavy atom. The number of ether oxygens (including phenoxy) is 1. The molecule has 0 N–H and O–H groups in total. The minimum absolute atomic E-state index is 0.0331. The van der Waals surface area contributed by atoms with Gasteiger partial charge in [-0.3, -0.25) is 0 Å². The average Bonchev–Trinajstić information content (AvgIpc) is 3.41. The quantitative estimate of drug-likeness (QED) is 0.139. The van der Waals surface area contributed by atoms with E-state index < -0.39 is 0 Å². The minimum atomic E-state index is 0.0331. The van der Waals surface area contributed by atoms with E-state index >= 15 is 0 Å². The van der Waals surface area contributed by atoms with Crippen molar-refractivity contribution in [3.8, 4) is 33.9 Å². The highest BCUT2D eigenvalue weighted by Gasteiger charge is 2.17. The molecule has 0 spiro atoms. The Kier molecular flexibility index (Phi) is 7.70. The Balaban J connectivity index is 1.46. The zero-order valence-corrected chi connectivity index (χ0v) is 24.2. The maximum atomic E-state index is 5.30. The lowest BCUT2D eigenvalue weighted by molar-refractivity contribution is 0.294. The lowest BCUT2D eigenvalue weighted by Gasteiger charge is -2.13. The van der Waals surface area contributed by atoms with E-state index in [1.165, 1.54) is 25.7 Å². The van der Waals surface area contributed by atoms with Crippen LogP contribution in [0.4, 0.5) is 0 Å². The number of thiophene rings is 1. The van der Waals surface area contributed by atoms with Gasteiger partial charge in [0, 0.05) is 37.2 Å². The molecule has 202 valence electrons. The molecule has 0 unspecified atom stereocenters. The summed E-state index contributed by atoms with van der Waals surface area (Å²) in [6.07, 6.45) is 6.98. The zero-order chi connectivity index (χ0) is 28.2. The van der Waals surface area contributed by atoms with Gasteiger partial charge in [0.15, 0.2) is 11.6 Å². The van der Waals surface area contributed by atoms with Gasteiger partial charge in [0.2, 0.25) is 0 Å². The van der Waals surface area contributed by atoms with Gasteiger partial charge in [0.1, 0.15) is 5.82 Å². The van der Waals surface area contributed by atoms with Gasteiger partial charge in [0.05, 0.1) is 12.9 Å². The third-order valence-corrected chi connectivity index (χ3v) is 8.46. The van der Waals surface area contributed by atoms with Crippen LogP contribution in [0.25, 0.3) is 54.1 Å². The van der Waals surface area contributed by atoms with E-state index in [0.29, 0.717) is 11.6 Å². The van der Waals surface area contributed by atoms with Crippen LogP contribution in [0.1, 0.15) is 32.0 Å². The van der Waals surface area contributed by atoms with E-state index in [0.717, 1.165) is 34.7 Å². The number of aromatic nitrogens is 3. The summed E-state index contributed by atoms with van der Waals surface area (Å²) in [7, 11) is 1.68. The van der Waals surface area contributed by atoms with E-state index in [4.69, 9.17) is 19.7 Å². The number of nitrogens with zero attached hydrogens (tertiary/aromatic N) is 3. The van der Waals surface area contributed by atoms with Gasteiger partial charge in [-0.05, 0) is 54.8 Å². The van der Waals surface area contributed by atoms with E-state index in [9.17, 15) is 0 Å². The summed E-state index contributed by atoms with van der Waals surface area (Å²) >= 11 is 1.81. The van der Waals surface area contributed by atoms with Crippen molar-refractivity contribution in [2.75, 3.05) is 7.11 Å². The number of rotatable bonds is 8. The fourth-order valence-electron chi connectivity index (χ4n) is 4.92. The standard InChI is InChI=1S/C36H31N3OS/c1-4-25(14-10-11-24(2)40-3)34-37-35(28-19-17-27(18-20-28)26-12-6-5-7-13-26)39-36(38-34)29-21-22-33-31(23-29)30-15-8-9-16-32(30)41-33/h5-23,25H,4H2,1-3H3/b14-10-,24-11+/t25-/m0/s1. The predicted octanol–water partition coefficient (Wildman–Crippen LogP) is 9.84. The van der Waals surface area contributed by atoms with E-state index in [2.05, 4.69) is 104 Å². The van der Waals surface area contributed by atoms with E-state index in [1.807, 2.05) is 36.5 Å². The molecule has 0 radical (unpaired) electrons. The van der Waals surface area contributed by atoms with Crippen LogP contribution >= 0.6 is 11.3 Å². The van der Waals surface area contributed by atoms with Crippen molar-refractivity contribution in [3.63, 3.8) is 0 Å². The third-order valence-electron chi connectivity index (χ3n) is 7.31. The number of allylic oxidation sites excluding steroid dienone is 4. The summed E-state index contributed by atoms with van der Waals surface area (Å²) < 4.78 is 7.84. The second-order valence-corrected chi connectivity index (χ2v) is 11.1. The molecule has 0 bridgehead atoms. The highest BCUT2D eigenvalue weighted by molar-refractivity contribution is 7.25. The maximum absolute atomic E-state index is 5.30. The fraction of sp³-hybridized carbons (Fsp3) is 0.139. The second kappa shape index (κ2) is 11.9. The molecule has 0 saturated heterocycles. The summed E-state index contributed by atoms with van der Waals surface area (Å²) in [5.74, 6) is 3.00. The summed E-state index contributed by atoms with van der Waals surface area (Å²) in [5, 5.41) is 2.49. The molecule has 2 aromatic heterocycles. The van der Waals surface area contributed by atoms with Crippen molar-refractivity contribution in [3.05, 3.63) is 127 Å². The van der Waals surface area contributed by atoms with E-state index in [-0.39, 0.29) is 5.92 Å². The van der Waals surface area contributed by atoms with Gasteiger partial charge >= 0.3 is 0 Å². The Hall–Kier alpha value is -4.61. The number of hydrogen-bond donors (Lipinski definition) is 0. The first-order valence-electron chi connectivity index (χ1n) is 13.9. The second-order valence-electron chi connectivity index (χ2n) is 9.97. The SMILES string of the molecule is CC[C@@H](/C=C\C=C(/C)OC)c1nc(-c2ccc(-c3ccccc3)cc2)nc(-c2ccc3sc4ccccc4c3c2)n1. The van der Waals surface area contributed by atoms with Crippen molar-refractivity contribution < 1.29 is 4.74 Å². The Labute approximate surface area is 244 Å². The van der Waals surface area contributed by atoms with Crippen LogP contribution < -0.4 is 0 Å². The van der Waals surface area contributed by atoms with Crippen molar-refractivity contribution in [1.29, 1.82) is 0 Å². The van der Waals surface area contributed by atoms with Crippen LogP contribution in [-0.2, 0) is 4.74 Å². The van der Waals surface area contributed by atoms with Crippen molar-refractivity contribution in [2.45, 2.75) is 26.2 Å². The molecule has 5 heteroatoms. The number of benzene rings is 4. The van der Waals surface area contributed by atoms with Gasteiger partial charge in [0.25, 0.3) is 0 Å². The van der Waals surface area contributed by atoms with Gasteiger partial charge in [-0.2, -0.15) is 0 Å². The predicted molar refractivity (Wildman–Crippen MR) is 172 cm³/mol. The molecule has 0 saturated carbocycles. The Morgan fingerprint density at radius 2 is 1.37 bits per heavy atom. The molecule has 0 aliphatic rings. The molecular formula is C36H31N3OS. The van der Waals surface area contributed by atoms with Crippen LogP contribution in [-0.4, -0.2) is 22.1 Å². The maximum Gasteiger partial charge on any atom is 0.163 e. The highest BCUT2D eigenvalue weighted by atomic mass is 32.1. The smallest absolute Gasteiger partial charge is 0.163 e. The minimum Gasteiger partial charge on any atom is -0.501 e. The fourth-order valence-corrected chi connectivity index (χ4v) is 6.01. The van der Waals surface area contributed by atoms with Crippen molar-refractivity contribution >= 4 is 31.5 Å². The van der Waals surface area contributed by atoms with Crippen LogP contribution in [0.5, 0.6) is 0 Å². The van der Waals surface area contributed by atoms with Crippen molar-refractivity contribution in [2.24, 2.45) is 0 Å². The monoisotopic (exact) mass is 553 g/mol. The van der Waals surface area contributed by atoms with Gasteiger partial charge in [-0.25, -0.2) is 15.0 Å². The summed E-state index contributed by atoms with van der Waals surface area (Å²) in [6.45, 7) is 4.09. The average molecular weight is 554 g/mol. The molecule has 1 atom stereocenters. The van der Waals surface area contributed by atoms with Crippen LogP contribution in [0.15, 0.2) is 121 Å². The molecule has 41 heavy (non-hydrogen) atoms. The normalized spacial score (nSPS) is 12.8. The highest BCUT2D eigenvalue weighted by Crippen LogP contribution is 2.36. The lowest BCUT2D eigenvalue weighted by atomic mass is 10.0. The first kappa shape index (κ1) is 26.6. The first-order valence-corrected chi connectivity index (χ1v) is 14.7. The molecule has 0 aliphatic carbocycles. The van der Waals surface area contributed by atoms with Crippen LogP contribution in [0.3, 0.4) is 0 Å². The molecule has 4 aromatic carbocycles. The number of methoxy groups -OCH3 is 1. The largest absolute Gasteiger partial charge is 0.501 e. The molecule has 0 fully saturated rings. The van der Waals surface area contributed by atoms with Gasteiger partial charge in [-0.1, -0.05) is 91.9 Å². The molecule has 2 heterocycles. The summed E-state index contributed by atoms with van der Waals surface area (Å²) in [5.41, 5.74) is 4.29. The molecule has 0 amide bonds. The topological polar surface area (TPSA) is 47.9 Å². The Morgan fingerprint density at radius 3 is 2.12 bits per heavy atom. The van der Waals surface area contributed by atoms with Crippen LogP contribution in [0, 0.1) is 0 Å². The molecule has 4 nitrogen and oxygen atoms in total. The summed E-state index contributed by atoms with van der Waals surface area (Å²) in [4.78, 5) is 15.0. The van der Waals surface area contributed by atoms with Crippen molar-refractivity contribution in [1.82, 2.24) is 15.0 Å². The number of hydrogen-bond acceptors (Lipinski definition) is 5. The van der Waals surface area contributed by atoms with Gasteiger partial charge < -0.3 is 4.74 Å². The lowest BCUT2D eigenvalue weighted by Crippen LogP contribution is -2.06. The first-order chi connectivity index (χ1) is 20.1. The van der Waals surface area contributed by atoms with Crippen LogP contribution in [0.2, 0.25) is 0 Å². The molecular weight excluding hydrogens is 522 g/mol. The third kappa shape index (κ3) is 5.67. The molecule has 6 rings (SSSR count). The molecule has 0 aliphatic heterocycles. The van der Waals surface area contributed by atoms with E-state index in [1.54, 1.807) is 7.11 Å².